The summed E-state index contributed by atoms with van der Waals surface area (Å²) in [4.78, 5) is 11.6. The van der Waals surface area contributed by atoms with Crippen LogP contribution in [0.5, 0.6) is 0 Å². The zero-order chi connectivity index (χ0) is 11.0. The molecule has 0 spiro atoms. The summed E-state index contributed by atoms with van der Waals surface area (Å²) in [7, 11) is 1.64. The lowest BCUT2D eigenvalue weighted by molar-refractivity contribution is 0.0954. The zero-order valence-corrected chi connectivity index (χ0v) is 10.1. The molecule has 0 saturated carbocycles. The van der Waals surface area contributed by atoms with Crippen molar-refractivity contribution in [2.75, 3.05) is 7.05 Å². The average Bonchev–Trinajstić information content (AvgIpc) is 2.71. The SMILES string of the molecule is CCn1c(C(=O)NC)cc2sc(Cl)cc21. The van der Waals surface area contributed by atoms with Crippen LogP contribution in [0.2, 0.25) is 4.34 Å². The number of halogens is 1. The first-order valence-corrected chi connectivity index (χ1v) is 5.87. The molecule has 0 aromatic carbocycles. The second-order valence-corrected chi connectivity index (χ2v) is 4.87. The van der Waals surface area contributed by atoms with Crippen LogP contribution in [0.3, 0.4) is 0 Å². The number of carbonyl (C=O) groups excluding carboxylic acids is 1. The van der Waals surface area contributed by atoms with Gasteiger partial charge in [-0.3, -0.25) is 4.79 Å². The summed E-state index contributed by atoms with van der Waals surface area (Å²) < 4.78 is 3.78. The molecule has 1 amide bonds. The first-order chi connectivity index (χ1) is 7.17. The van der Waals surface area contributed by atoms with Crippen LogP contribution in [-0.2, 0) is 6.54 Å². The summed E-state index contributed by atoms with van der Waals surface area (Å²) in [5.41, 5.74) is 1.73. The van der Waals surface area contributed by atoms with Gasteiger partial charge in [-0.05, 0) is 19.1 Å². The molecule has 0 atom stereocenters. The Hall–Kier alpha value is -1.00. The number of amides is 1. The third-order valence-electron chi connectivity index (χ3n) is 2.34. The number of hydrogen-bond donors (Lipinski definition) is 1. The summed E-state index contributed by atoms with van der Waals surface area (Å²) >= 11 is 7.42. The van der Waals surface area contributed by atoms with Crippen LogP contribution in [0.1, 0.15) is 17.4 Å². The number of aromatic nitrogens is 1. The molecule has 0 aliphatic rings. The van der Waals surface area contributed by atoms with Gasteiger partial charge in [0.15, 0.2) is 0 Å². The van der Waals surface area contributed by atoms with Crippen LogP contribution in [0.15, 0.2) is 12.1 Å². The molecular formula is C10H11ClN2OS. The molecule has 0 fully saturated rings. The maximum absolute atomic E-state index is 11.6. The topological polar surface area (TPSA) is 34.0 Å². The van der Waals surface area contributed by atoms with Crippen LogP contribution >= 0.6 is 22.9 Å². The van der Waals surface area contributed by atoms with Gasteiger partial charge in [0.2, 0.25) is 0 Å². The minimum absolute atomic E-state index is 0.0589. The van der Waals surface area contributed by atoms with Crippen molar-refractivity contribution in [3.05, 3.63) is 22.2 Å². The smallest absolute Gasteiger partial charge is 0.267 e. The molecule has 0 radical (unpaired) electrons. The van der Waals surface area contributed by atoms with Crippen molar-refractivity contribution in [2.24, 2.45) is 0 Å². The van der Waals surface area contributed by atoms with Crippen molar-refractivity contribution in [1.82, 2.24) is 9.88 Å². The fraction of sp³-hybridized carbons (Fsp3) is 0.300. The standard InChI is InChI=1S/C10H11ClN2OS/c1-3-13-6-5-9(11)15-8(6)4-7(13)10(14)12-2/h4-5H,3H2,1-2H3,(H,12,14). The van der Waals surface area contributed by atoms with Crippen LogP contribution < -0.4 is 5.32 Å². The van der Waals surface area contributed by atoms with E-state index in [-0.39, 0.29) is 5.91 Å². The van der Waals surface area contributed by atoms with E-state index >= 15 is 0 Å². The highest BCUT2D eigenvalue weighted by Crippen LogP contribution is 2.32. The molecule has 3 nitrogen and oxygen atoms in total. The van der Waals surface area contributed by atoms with Gasteiger partial charge in [0.1, 0.15) is 5.69 Å². The second kappa shape index (κ2) is 3.87. The van der Waals surface area contributed by atoms with E-state index in [4.69, 9.17) is 11.6 Å². The molecule has 2 heterocycles. The Bertz CT molecular complexity index is 515. The highest BCUT2D eigenvalue weighted by atomic mass is 35.5. The van der Waals surface area contributed by atoms with E-state index in [9.17, 15) is 4.79 Å². The molecule has 1 N–H and O–H groups in total. The van der Waals surface area contributed by atoms with Crippen molar-refractivity contribution >= 4 is 39.1 Å². The molecule has 0 bridgehead atoms. The normalized spacial score (nSPS) is 10.9. The Kier molecular flexibility index (Phi) is 2.71. The summed E-state index contributed by atoms with van der Waals surface area (Å²) in [6.45, 7) is 2.77. The molecule has 0 aliphatic carbocycles. The van der Waals surface area contributed by atoms with E-state index in [1.165, 1.54) is 11.3 Å². The van der Waals surface area contributed by atoms with Crippen molar-refractivity contribution < 1.29 is 4.79 Å². The predicted octanol–water partition coefficient (Wildman–Crippen LogP) is 2.74. The van der Waals surface area contributed by atoms with Crippen molar-refractivity contribution in [3.63, 3.8) is 0 Å². The summed E-state index contributed by atoms with van der Waals surface area (Å²) in [6, 6.07) is 3.78. The third-order valence-corrected chi connectivity index (χ3v) is 3.54. The van der Waals surface area contributed by atoms with Gasteiger partial charge in [0, 0.05) is 13.6 Å². The number of carbonyl (C=O) groups is 1. The number of rotatable bonds is 2. The van der Waals surface area contributed by atoms with Crippen LogP contribution in [0.4, 0.5) is 0 Å². The quantitative estimate of drug-likeness (QED) is 0.863. The molecule has 0 aliphatic heterocycles. The molecule has 80 valence electrons. The number of fused-ring (bicyclic) bond motifs is 1. The summed E-state index contributed by atoms with van der Waals surface area (Å²) in [5.74, 6) is -0.0589. The largest absolute Gasteiger partial charge is 0.354 e. The number of aryl methyl sites for hydroxylation is 1. The van der Waals surface area contributed by atoms with Gasteiger partial charge in [0.25, 0.3) is 5.91 Å². The highest BCUT2D eigenvalue weighted by Gasteiger charge is 2.15. The monoisotopic (exact) mass is 242 g/mol. The molecular weight excluding hydrogens is 232 g/mol. The average molecular weight is 243 g/mol. The number of thiophene rings is 1. The van der Waals surface area contributed by atoms with E-state index in [0.717, 1.165) is 21.1 Å². The van der Waals surface area contributed by atoms with Gasteiger partial charge < -0.3 is 9.88 Å². The molecule has 2 aromatic heterocycles. The van der Waals surface area contributed by atoms with Gasteiger partial charge >= 0.3 is 0 Å². The fourth-order valence-corrected chi connectivity index (χ4v) is 2.85. The second-order valence-electron chi connectivity index (χ2n) is 3.15. The number of hydrogen-bond acceptors (Lipinski definition) is 2. The first kappa shape index (κ1) is 10.5. The Morgan fingerprint density at radius 1 is 1.60 bits per heavy atom. The summed E-state index contributed by atoms with van der Waals surface area (Å²) in [5, 5.41) is 2.63. The number of nitrogens with zero attached hydrogens (tertiary/aromatic N) is 1. The van der Waals surface area contributed by atoms with Crippen LogP contribution in [-0.4, -0.2) is 17.5 Å². The lowest BCUT2D eigenvalue weighted by Gasteiger charge is -2.05. The van der Waals surface area contributed by atoms with E-state index in [0.29, 0.717) is 5.69 Å². The number of nitrogens with one attached hydrogen (secondary N) is 1. The van der Waals surface area contributed by atoms with Gasteiger partial charge in [0.05, 0.1) is 14.6 Å². The first-order valence-electron chi connectivity index (χ1n) is 4.68. The summed E-state index contributed by atoms with van der Waals surface area (Å²) in [6.07, 6.45) is 0. The predicted molar refractivity (Wildman–Crippen MR) is 63.9 cm³/mol. The molecule has 15 heavy (non-hydrogen) atoms. The Morgan fingerprint density at radius 2 is 2.33 bits per heavy atom. The maximum Gasteiger partial charge on any atom is 0.267 e. The minimum Gasteiger partial charge on any atom is -0.354 e. The van der Waals surface area contributed by atoms with Gasteiger partial charge in [-0.2, -0.15) is 0 Å². The zero-order valence-electron chi connectivity index (χ0n) is 8.50. The highest BCUT2D eigenvalue weighted by molar-refractivity contribution is 7.22. The fourth-order valence-electron chi connectivity index (χ4n) is 1.67. The van der Waals surface area contributed by atoms with Crippen LogP contribution in [0, 0.1) is 0 Å². The maximum atomic E-state index is 11.6. The van der Waals surface area contributed by atoms with E-state index in [1.807, 2.05) is 23.6 Å². The lowest BCUT2D eigenvalue weighted by atomic mass is 10.4. The van der Waals surface area contributed by atoms with Gasteiger partial charge in [-0.25, -0.2) is 0 Å². The molecule has 0 unspecified atom stereocenters. The lowest BCUT2D eigenvalue weighted by Crippen LogP contribution is -2.21. The minimum atomic E-state index is -0.0589. The Morgan fingerprint density at radius 3 is 2.93 bits per heavy atom. The van der Waals surface area contributed by atoms with Crippen LogP contribution in [0.25, 0.3) is 10.2 Å². The molecule has 0 saturated heterocycles. The van der Waals surface area contributed by atoms with Crippen molar-refractivity contribution in [1.29, 1.82) is 0 Å². The molecule has 2 aromatic rings. The molecule has 2 rings (SSSR count). The molecule has 5 heteroatoms. The Labute approximate surface area is 96.6 Å². The van der Waals surface area contributed by atoms with Gasteiger partial charge in [-0.15, -0.1) is 11.3 Å². The van der Waals surface area contributed by atoms with Crippen molar-refractivity contribution in [3.8, 4) is 0 Å². The van der Waals surface area contributed by atoms with Crippen molar-refractivity contribution in [2.45, 2.75) is 13.5 Å². The van der Waals surface area contributed by atoms with E-state index in [2.05, 4.69) is 5.32 Å². The van der Waals surface area contributed by atoms with E-state index in [1.54, 1.807) is 7.05 Å². The van der Waals surface area contributed by atoms with E-state index < -0.39 is 0 Å². The Balaban J connectivity index is 2.65. The van der Waals surface area contributed by atoms with Gasteiger partial charge in [-0.1, -0.05) is 11.6 Å². The third kappa shape index (κ3) is 1.64.